The van der Waals surface area contributed by atoms with E-state index in [9.17, 15) is 23.1 Å². The first-order valence-corrected chi connectivity index (χ1v) is 8.90. The molecule has 0 spiro atoms. The minimum absolute atomic E-state index is 0.00312. The highest BCUT2D eigenvalue weighted by Gasteiger charge is 2.46. The Labute approximate surface area is 174 Å². The van der Waals surface area contributed by atoms with Crippen LogP contribution in [0, 0.1) is 11.3 Å². The average Bonchev–Trinajstić information content (AvgIpc) is 2.72. The largest absolute Gasteiger partial charge is 0.511 e. The van der Waals surface area contributed by atoms with E-state index < -0.39 is 29.7 Å². The Morgan fingerprint density at radius 2 is 2.10 bits per heavy atom. The highest BCUT2D eigenvalue weighted by Crippen LogP contribution is 2.50. The van der Waals surface area contributed by atoms with Gasteiger partial charge in [-0.2, -0.15) is 18.4 Å². The van der Waals surface area contributed by atoms with Gasteiger partial charge in [-0.25, -0.2) is 9.78 Å². The van der Waals surface area contributed by atoms with Crippen molar-refractivity contribution in [2.75, 3.05) is 19.0 Å². The maximum Gasteiger partial charge on any atom is 0.511 e. The molecule has 2 N–H and O–H groups in total. The first-order chi connectivity index (χ1) is 14.7. The van der Waals surface area contributed by atoms with Crippen molar-refractivity contribution in [3.63, 3.8) is 0 Å². The molecule has 0 amide bonds. The standard InChI is InChI=1S/C20H16F3N3O5/c1-3-30-18-15-12(6-7-25-18)26-17(20(21,22)23)16(31-19(27)28)14(15)11-5-4-10(9-24)8-13(11)29-2/h4-8,14,26H,3H2,1-2H3,(H,27,28). The van der Waals surface area contributed by atoms with Gasteiger partial charge in [0.15, 0.2) is 11.5 Å². The number of halogens is 3. The maximum absolute atomic E-state index is 13.9. The molecule has 0 saturated carbocycles. The fourth-order valence-electron chi connectivity index (χ4n) is 3.30. The zero-order valence-electron chi connectivity index (χ0n) is 16.3. The Morgan fingerprint density at radius 1 is 1.35 bits per heavy atom. The number of carbonyl (C=O) groups is 1. The number of methoxy groups -OCH3 is 1. The van der Waals surface area contributed by atoms with Gasteiger partial charge in [0.2, 0.25) is 5.88 Å². The molecule has 31 heavy (non-hydrogen) atoms. The predicted molar refractivity (Wildman–Crippen MR) is 101 cm³/mol. The summed E-state index contributed by atoms with van der Waals surface area (Å²) in [7, 11) is 1.28. The molecule has 8 nitrogen and oxygen atoms in total. The van der Waals surface area contributed by atoms with Crippen LogP contribution in [0.15, 0.2) is 41.9 Å². The van der Waals surface area contributed by atoms with Crippen molar-refractivity contribution in [1.82, 2.24) is 4.98 Å². The summed E-state index contributed by atoms with van der Waals surface area (Å²) in [6.45, 7) is 1.83. The molecule has 11 heteroatoms. The number of rotatable bonds is 5. The molecule has 1 aliphatic heterocycles. The molecular weight excluding hydrogens is 419 g/mol. The van der Waals surface area contributed by atoms with E-state index in [4.69, 9.17) is 14.7 Å². The van der Waals surface area contributed by atoms with Crippen LogP contribution in [-0.4, -0.2) is 36.1 Å². The predicted octanol–water partition coefficient (Wildman–Crippen LogP) is 4.39. The van der Waals surface area contributed by atoms with Crippen molar-refractivity contribution in [2.45, 2.75) is 19.0 Å². The van der Waals surface area contributed by atoms with E-state index in [-0.39, 0.29) is 40.6 Å². The van der Waals surface area contributed by atoms with Crippen molar-refractivity contribution >= 4 is 11.8 Å². The van der Waals surface area contributed by atoms with Gasteiger partial charge in [-0.05, 0) is 25.1 Å². The zero-order valence-corrected chi connectivity index (χ0v) is 16.3. The molecule has 0 saturated heterocycles. The number of pyridine rings is 1. The number of anilines is 1. The van der Waals surface area contributed by atoms with Gasteiger partial charge in [0.05, 0.1) is 36.8 Å². The van der Waals surface area contributed by atoms with Gasteiger partial charge < -0.3 is 24.6 Å². The summed E-state index contributed by atoms with van der Waals surface area (Å²) in [5.74, 6) is -2.25. The van der Waals surface area contributed by atoms with Crippen molar-refractivity contribution in [3.05, 3.63) is 58.6 Å². The van der Waals surface area contributed by atoms with Gasteiger partial charge in [-0.15, -0.1) is 0 Å². The van der Waals surface area contributed by atoms with E-state index in [1.54, 1.807) is 6.92 Å². The lowest BCUT2D eigenvalue weighted by atomic mass is 9.84. The number of hydrogen-bond acceptors (Lipinski definition) is 7. The Balaban J connectivity index is 2.39. The molecule has 1 aromatic heterocycles. The number of aromatic nitrogens is 1. The Kier molecular flexibility index (Phi) is 5.92. The molecular formula is C20H16F3N3O5. The van der Waals surface area contributed by atoms with Crippen molar-refractivity contribution in [2.24, 2.45) is 0 Å². The lowest BCUT2D eigenvalue weighted by Gasteiger charge is -2.32. The lowest BCUT2D eigenvalue weighted by Crippen LogP contribution is -2.30. The summed E-state index contributed by atoms with van der Waals surface area (Å²) in [4.78, 5) is 15.4. The van der Waals surface area contributed by atoms with Crippen LogP contribution in [0.4, 0.5) is 23.7 Å². The molecule has 1 aliphatic rings. The fraction of sp³-hybridized carbons (Fsp3) is 0.250. The normalized spacial score (nSPS) is 15.4. The van der Waals surface area contributed by atoms with E-state index in [0.717, 1.165) is 0 Å². The van der Waals surface area contributed by atoms with Gasteiger partial charge in [0, 0.05) is 17.4 Å². The molecule has 0 radical (unpaired) electrons. The number of ether oxygens (including phenoxy) is 3. The van der Waals surface area contributed by atoms with Crippen LogP contribution in [0.25, 0.3) is 0 Å². The number of nitrogens with zero attached hydrogens (tertiary/aromatic N) is 2. The van der Waals surface area contributed by atoms with E-state index in [0.29, 0.717) is 0 Å². The molecule has 1 aromatic carbocycles. The number of nitriles is 1. The maximum atomic E-state index is 13.9. The van der Waals surface area contributed by atoms with E-state index in [2.05, 4.69) is 15.0 Å². The first kappa shape index (κ1) is 21.8. The summed E-state index contributed by atoms with van der Waals surface area (Å²) in [5.41, 5.74) is -0.896. The highest BCUT2D eigenvalue weighted by molar-refractivity contribution is 5.71. The number of allylic oxidation sites excluding steroid dienone is 2. The Hall–Kier alpha value is -3.94. The summed E-state index contributed by atoms with van der Waals surface area (Å²) < 4.78 is 57.0. The molecule has 1 atom stereocenters. The van der Waals surface area contributed by atoms with Gasteiger partial charge in [-0.1, -0.05) is 6.07 Å². The molecule has 162 valence electrons. The second-order valence-electron chi connectivity index (χ2n) is 6.24. The third-order valence-corrected chi connectivity index (χ3v) is 4.45. The van der Waals surface area contributed by atoms with Crippen LogP contribution in [0.2, 0.25) is 0 Å². The van der Waals surface area contributed by atoms with Crippen molar-refractivity contribution in [1.29, 1.82) is 5.26 Å². The van der Waals surface area contributed by atoms with Crippen LogP contribution in [0.5, 0.6) is 11.6 Å². The summed E-state index contributed by atoms with van der Waals surface area (Å²) in [6, 6.07) is 7.31. The minimum Gasteiger partial charge on any atom is -0.496 e. The molecule has 2 aromatic rings. The number of alkyl halides is 3. The number of hydrogen-bond donors (Lipinski definition) is 2. The monoisotopic (exact) mass is 435 g/mol. The van der Waals surface area contributed by atoms with E-state index in [1.807, 2.05) is 6.07 Å². The first-order valence-electron chi connectivity index (χ1n) is 8.90. The van der Waals surface area contributed by atoms with Crippen LogP contribution < -0.4 is 14.8 Å². The summed E-state index contributed by atoms with van der Waals surface area (Å²) in [5, 5.41) is 20.5. The van der Waals surface area contributed by atoms with Crippen LogP contribution in [0.1, 0.15) is 29.5 Å². The second kappa shape index (κ2) is 8.43. The highest BCUT2D eigenvalue weighted by atomic mass is 19.4. The Morgan fingerprint density at radius 3 is 2.68 bits per heavy atom. The van der Waals surface area contributed by atoms with Crippen LogP contribution >= 0.6 is 0 Å². The van der Waals surface area contributed by atoms with E-state index in [1.165, 1.54) is 37.6 Å². The minimum atomic E-state index is -4.96. The third kappa shape index (κ3) is 4.18. The molecule has 1 unspecified atom stereocenters. The second-order valence-corrected chi connectivity index (χ2v) is 6.24. The van der Waals surface area contributed by atoms with Gasteiger partial charge in [-0.3, -0.25) is 0 Å². The van der Waals surface area contributed by atoms with Gasteiger partial charge in [0.25, 0.3) is 0 Å². The van der Waals surface area contributed by atoms with Gasteiger partial charge >= 0.3 is 12.3 Å². The summed E-state index contributed by atoms with van der Waals surface area (Å²) >= 11 is 0. The van der Waals surface area contributed by atoms with Crippen molar-refractivity contribution in [3.8, 4) is 17.7 Å². The number of fused-ring (bicyclic) bond motifs is 1. The SMILES string of the molecule is CCOc1nccc2c1C(c1ccc(C#N)cc1OC)C(OC(=O)O)=C(C(F)(F)F)N2. The van der Waals surface area contributed by atoms with Crippen LogP contribution in [0.3, 0.4) is 0 Å². The van der Waals surface area contributed by atoms with Crippen molar-refractivity contribution < 1.29 is 37.3 Å². The molecule has 0 aliphatic carbocycles. The Bertz CT molecular complexity index is 1090. The number of carboxylic acid groups (broad SMARTS) is 1. The molecule has 0 bridgehead atoms. The van der Waals surface area contributed by atoms with Gasteiger partial charge in [0.1, 0.15) is 5.75 Å². The molecule has 2 heterocycles. The average molecular weight is 435 g/mol. The third-order valence-electron chi connectivity index (χ3n) is 4.45. The smallest absolute Gasteiger partial charge is 0.496 e. The topological polar surface area (TPSA) is 114 Å². The lowest BCUT2D eigenvalue weighted by molar-refractivity contribution is -0.0939. The molecule has 3 rings (SSSR count). The van der Waals surface area contributed by atoms with E-state index >= 15 is 0 Å². The number of nitrogens with one attached hydrogen (secondary N) is 1. The molecule has 0 fully saturated rings. The number of benzene rings is 1. The fourth-order valence-corrected chi connectivity index (χ4v) is 3.30. The van der Waals surface area contributed by atoms with Crippen LogP contribution in [-0.2, 0) is 4.74 Å². The quantitative estimate of drug-likeness (QED) is 0.665. The summed E-state index contributed by atoms with van der Waals surface area (Å²) in [6.07, 6.45) is -5.63. The zero-order chi connectivity index (χ0) is 22.8.